The van der Waals surface area contributed by atoms with Crippen LogP contribution in [0.5, 0.6) is 0 Å². The molecule has 2 atom stereocenters. The molecule has 1 saturated heterocycles. The second-order valence-corrected chi connectivity index (χ2v) is 6.14. The fourth-order valence-electron chi connectivity index (χ4n) is 3.16. The van der Waals surface area contributed by atoms with Crippen molar-refractivity contribution in [1.29, 1.82) is 0 Å². The van der Waals surface area contributed by atoms with Gasteiger partial charge in [0.25, 0.3) is 0 Å². The molecule has 25 heavy (non-hydrogen) atoms. The Morgan fingerprint density at radius 2 is 1.92 bits per heavy atom. The number of carbonyl (C=O) groups is 1. The van der Waals surface area contributed by atoms with Crippen molar-refractivity contribution in [1.82, 2.24) is 24.6 Å². The monoisotopic (exact) mass is 334 g/mol. The number of amides is 2. The van der Waals surface area contributed by atoms with E-state index in [9.17, 15) is 4.79 Å². The van der Waals surface area contributed by atoms with Crippen LogP contribution in [0.2, 0.25) is 0 Å². The number of nitrogens with one attached hydrogen (secondary N) is 1. The Balaban J connectivity index is 1.47. The SMILES string of the molecule is C[C@H]1CN(C(=O)Nc2cnn(-c3ncccn3)c2)[C@H]1c1ccccc1. The van der Waals surface area contributed by atoms with Gasteiger partial charge in [0.15, 0.2) is 0 Å². The average Bonchev–Trinajstić information content (AvgIpc) is 3.09. The van der Waals surface area contributed by atoms with Gasteiger partial charge >= 0.3 is 6.03 Å². The summed E-state index contributed by atoms with van der Waals surface area (Å²) in [5.41, 5.74) is 1.77. The molecule has 0 spiro atoms. The molecule has 0 radical (unpaired) electrons. The van der Waals surface area contributed by atoms with Gasteiger partial charge in [0, 0.05) is 18.9 Å². The number of urea groups is 1. The Labute approximate surface area is 145 Å². The zero-order chi connectivity index (χ0) is 17.2. The first-order valence-electron chi connectivity index (χ1n) is 8.17. The molecule has 126 valence electrons. The van der Waals surface area contributed by atoms with Gasteiger partial charge in [0.1, 0.15) is 0 Å². The molecule has 4 rings (SSSR count). The minimum atomic E-state index is -0.125. The van der Waals surface area contributed by atoms with Gasteiger partial charge < -0.3 is 10.2 Å². The predicted molar refractivity (Wildman–Crippen MR) is 93.2 cm³/mol. The van der Waals surface area contributed by atoms with Gasteiger partial charge in [-0.25, -0.2) is 19.4 Å². The van der Waals surface area contributed by atoms with E-state index in [-0.39, 0.29) is 12.1 Å². The lowest BCUT2D eigenvalue weighted by Gasteiger charge is -2.46. The van der Waals surface area contributed by atoms with E-state index in [0.717, 1.165) is 12.1 Å². The smallest absolute Gasteiger partial charge is 0.317 e. The standard InChI is InChI=1S/C18H18N6O/c1-13-11-23(16(13)14-6-3-2-4-7-14)18(25)22-15-10-21-24(12-15)17-19-8-5-9-20-17/h2-10,12-13,16H,11H2,1H3,(H,22,25)/t13-,16+/m0/s1. The number of rotatable bonds is 3. The average molecular weight is 334 g/mol. The number of anilines is 1. The van der Waals surface area contributed by atoms with Crippen molar-refractivity contribution in [3.8, 4) is 5.95 Å². The number of hydrogen-bond donors (Lipinski definition) is 1. The first-order chi connectivity index (χ1) is 12.2. The van der Waals surface area contributed by atoms with Crippen LogP contribution in [0.15, 0.2) is 61.2 Å². The first kappa shape index (κ1) is 15.3. The van der Waals surface area contributed by atoms with Crippen LogP contribution in [-0.4, -0.2) is 37.2 Å². The van der Waals surface area contributed by atoms with Crippen LogP contribution in [0.25, 0.3) is 5.95 Å². The van der Waals surface area contributed by atoms with Crippen molar-refractivity contribution in [2.45, 2.75) is 13.0 Å². The largest absolute Gasteiger partial charge is 0.322 e. The lowest BCUT2D eigenvalue weighted by molar-refractivity contribution is 0.0671. The van der Waals surface area contributed by atoms with Crippen LogP contribution in [-0.2, 0) is 0 Å². The van der Waals surface area contributed by atoms with Crippen LogP contribution in [0.1, 0.15) is 18.5 Å². The fourth-order valence-corrected chi connectivity index (χ4v) is 3.16. The highest BCUT2D eigenvalue weighted by atomic mass is 16.2. The summed E-state index contributed by atoms with van der Waals surface area (Å²) in [4.78, 5) is 22.7. The van der Waals surface area contributed by atoms with Gasteiger partial charge in [-0.3, -0.25) is 0 Å². The van der Waals surface area contributed by atoms with Crippen LogP contribution in [0, 0.1) is 5.92 Å². The van der Waals surface area contributed by atoms with Gasteiger partial charge in [0.2, 0.25) is 5.95 Å². The number of likely N-dealkylation sites (tertiary alicyclic amines) is 1. The number of nitrogens with zero attached hydrogens (tertiary/aromatic N) is 5. The molecule has 2 aromatic heterocycles. The van der Waals surface area contributed by atoms with Crippen molar-refractivity contribution in [2.75, 3.05) is 11.9 Å². The van der Waals surface area contributed by atoms with E-state index in [1.54, 1.807) is 30.9 Å². The predicted octanol–water partition coefficient (Wildman–Crippen LogP) is 2.89. The molecule has 1 aliphatic rings. The van der Waals surface area contributed by atoms with Gasteiger partial charge in [-0.1, -0.05) is 37.3 Å². The molecule has 0 aliphatic carbocycles. The lowest BCUT2D eigenvalue weighted by atomic mass is 9.85. The molecule has 0 saturated carbocycles. The van der Waals surface area contributed by atoms with Crippen molar-refractivity contribution in [3.63, 3.8) is 0 Å². The minimum absolute atomic E-state index is 0.105. The van der Waals surface area contributed by atoms with E-state index in [4.69, 9.17) is 0 Å². The summed E-state index contributed by atoms with van der Waals surface area (Å²) in [5, 5.41) is 7.10. The lowest BCUT2D eigenvalue weighted by Crippen LogP contribution is -2.53. The molecule has 1 N–H and O–H groups in total. The first-order valence-corrected chi connectivity index (χ1v) is 8.17. The summed E-state index contributed by atoms with van der Waals surface area (Å²) in [6, 6.07) is 11.8. The normalized spacial score (nSPS) is 19.3. The number of carbonyl (C=O) groups excluding carboxylic acids is 1. The molecule has 3 aromatic rings. The molecule has 0 bridgehead atoms. The van der Waals surface area contributed by atoms with Crippen LogP contribution in [0.4, 0.5) is 10.5 Å². The Morgan fingerprint density at radius 3 is 2.64 bits per heavy atom. The molecule has 0 unspecified atom stereocenters. The maximum absolute atomic E-state index is 12.6. The van der Waals surface area contributed by atoms with E-state index in [0.29, 0.717) is 17.6 Å². The third-order valence-corrected chi connectivity index (χ3v) is 4.35. The number of benzene rings is 1. The summed E-state index contributed by atoms with van der Waals surface area (Å²) in [6.45, 7) is 2.90. The van der Waals surface area contributed by atoms with Gasteiger partial charge in [-0.2, -0.15) is 5.10 Å². The number of hydrogen-bond acceptors (Lipinski definition) is 4. The summed E-state index contributed by atoms with van der Waals surface area (Å²) >= 11 is 0. The zero-order valence-corrected chi connectivity index (χ0v) is 13.8. The molecule has 1 fully saturated rings. The summed E-state index contributed by atoms with van der Waals surface area (Å²) < 4.78 is 1.53. The highest BCUT2D eigenvalue weighted by Gasteiger charge is 2.40. The molecule has 7 nitrogen and oxygen atoms in total. The quantitative estimate of drug-likeness (QED) is 0.799. The molecular weight excluding hydrogens is 316 g/mol. The van der Waals surface area contributed by atoms with Crippen LogP contribution >= 0.6 is 0 Å². The highest BCUT2D eigenvalue weighted by Crippen LogP contribution is 2.38. The molecule has 7 heteroatoms. The topological polar surface area (TPSA) is 75.9 Å². The Hall–Kier alpha value is -3.22. The van der Waals surface area contributed by atoms with Gasteiger partial charge in [0.05, 0.1) is 24.1 Å². The second-order valence-electron chi connectivity index (χ2n) is 6.14. The van der Waals surface area contributed by atoms with Crippen molar-refractivity contribution in [3.05, 3.63) is 66.7 Å². The highest BCUT2D eigenvalue weighted by molar-refractivity contribution is 5.90. The summed E-state index contributed by atoms with van der Waals surface area (Å²) in [6.07, 6.45) is 6.59. The Kier molecular flexibility index (Phi) is 3.89. The number of aromatic nitrogens is 4. The Bertz CT molecular complexity index is 864. The minimum Gasteiger partial charge on any atom is -0.317 e. The second kappa shape index (κ2) is 6.35. The molecule has 1 aliphatic heterocycles. The van der Waals surface area contributed by atoms with Crippen LogP contribution in [0.3, 0.4) is 0 Å². The Morgan fingerprint density at radius 1 is 1.16 bits per heavy atom. The summed E-state index contributed by atoms with van der Waals surface area (Å²) in [5.74, 6) is 0.899. The van der Waals surface area contributed by atoms with Crippen molar-refractivity contribution < 1.29 is 4.79 Å². The third-order valence-electron chi connectivity index (χ3n) is 4.35. The van der Waals surface area contributed by atoms with Crippen LogP contribution < -0.4 is 5.32 Å². The van der Waals surface area contributed by atoms with E-state index in [2.05, 4.69) is 39.4 Å². The van der Waals surface area contributed by atoms with E-state index >= 15 is 0 Å². The van der Waals surface area contributed by atoms with Crippen molar-refractivity contribution in [2.24, 2.45) is 5.92 Å². The van der Waals surface area contributed by atoms with Gasteiger partial charge in [-0.05, 0) is 17.5 Å². The molecule has 1 aromatic carbocycles. The fraction of sp³-hybridized carbons (Fsp3) is 0.222. The van der Waals surface area contributed by atoms with E-state index in [1.807, 2.05) is 23.1 Å². The van der Waals surface area contributed by atoms with E-state index < -0.39 is 0 Å². The maximum Gasteiger partial charge on any atom is 0.322 e. The molecule has 3 heterocycles. The molecular formula is C18H18N6O. The van der Waals surface area contributed by atoms with Crippen molar-refractivity contribution >= 4 is 11.7 Å². The maximum atomic E-state index is 12.6. The van der Waals surface area contributed by atoms with E-state index in [1.165, 1.54) is 4.68 Å². The van der Waals surface area contributed by atoms with Gasteiger partial charge in [-0.15, -0.1) is 0 Å². The molecule has 2 amide bonds. The third kappa shape index (κ3) is 2.96. The zero-order valence-electron chi connectivity index (χ0n) is 13.8. The summed E-state index contributed by atoms with van der Waals surface area (Å²) in [7, 11) is 0.